The minimum absolute atomic E-state index is 0.0493. The number of ether oxygens (including phenoxy) is 3. The summed E-state index contributed by atoms with van der Waals surface area (Å²) in [5.74, 6) is -1.61. The molecule has 9 heteroatoms. The van der Waals surface area contributed by atoms with Crippen LogP contribution in [0.4, 0.5) is 11.4 Å². The maximum absolute atomic E-state index is 12.2. The molecule has 0 aliphatic carbocycles. The Labute approximate surface area is 166 Å². The van der Waals surface area contributed by atoms with Gasteiger partial charge in [0.25, 0.3) is 5.91 Å². The second-order valence-electron chi connectivity index (χ2n) is 5.50. The van der Waals surface area contributed by atoms with Gasteiger partial charge in [-0.15, -0.1) is 0 Å². The van der Waals surface area contributed by atoms with Crippen LogP contribution in [0.15, 0.2) is 36.4 Å². The number of hydrogen-bond acceptors (Lipinski definition) is 7. The zero-order valence-corrected chi connectivity index (χ0v) is 16.0. The monoisotopic (exact) mass is 406 g/mol. The normalized spacial score (nSPS) is 10.1. The minimum Gasteiger partial charge on any atom is -0.496 e. The smallest absolute Gasteiger partial charge is 0.342 e. The highest BCUT2D eigenvalue weighted by Gasteiger charge is 2.18. The average Bonchev–Trinajstić information content (AvgIpc) is 2.68. The average molecular weight is 407 g/mol. The molecule has 3 N–H and O–H groups in total. The lowest BCUT2D eigenvalue weighted by Gasteiger charge is -2.11. The number of nitrogens with two attached hydrogens (primary N) is 1. The summed E-state index contributed by atoms with van der Waals surface area (Å²) in [5.41, 5.74) is 6.75. The molecule has 0 unspecified atom stereocenters. The number of nitrogen functional groups attached to an aromatic ring is 1. The van der Waals surface area contributed by atoms with E-state index in [1.807, 2.05) is 0 Å². The van der Waals surface area contributed by atoms with Gasteiger partial charge in [-0.1, -0.05) is 11.6 Å². The zero-order valence-electron chi connectivity index (χ0n) is 15.3. The van der Waals surface area contributed by atoms with Gasteiger partial charge >= 0.3 is 11.9 Å². The second-order valence-corrected chi connectivity index (χ2v) is 5.90. The minimum atomic E-state index is -0.786. The van der Waals surface area contributed by atoms with Gasteiger partial charge < -0.3 is 25.3 Å². The predicted molar refractivity (Wildman–Crippen MR) is 104 cm³/mol. The summed E-state index contributed by atoms with van der Waals surface area (Å²) in [6.07, 6.45) is 0. The summed E-state index contributed by atoms with van der Waals surface area (Å²) in [5, 5.41) is 2.72. The van der Waals surface area contributed by atoms with Crippen molar-refractivity contribution in [2.45, 2.75) is 6.92 Å². The highest BCUT2D eigenvalue weighted by molar-refractivity contribution is 6.33. The van der Waals surface area contributed by atoms with E-state index < -0.39 is 24.5 Å². The number of carbonyl (C=O) groups is 3. The molecule has 8 nitrogen and oxygen atoms in total. The third-order valence-electron chi connectivity index (χ3n) is 3.55. The van der Waals surface area contributed by atoms with E-state index in [1.54, 1.807) is 6.92 Å². The Bertz CT molecular complexity index is 883. The van der Waals surface area contributed by atoms with E-state index in [4.69, 9.17) is 31.5 Å². The Morgan fingerprint density at radius 3 is 2.36 bits per heavy atom. The van der Waals surface area contributed by atoms with Crippen molar-refractivity contribution in [3.8, 4) is 5.75 Å². The fraction of sp³-hybridized carbons (Fsp3) is 0.211. The van der Waals surface area contributed by atoms with Crippen molar-refractivity contribution in [2.75, 3.05) is 31.4 Å². The molecule has 0 saturated heterocycles. The van der Waals surface area contributed by atoms with Crippen LogP contribution in [0.2, 0.25) is 5.02 Å². The summed E-state index contributed by atoms with van der Waals surface area (Å²) >= 11 is 5.91. The van der Waals surface area contributed by atoms with E-state index in [1.165, 1.54) is 43.5 Å². The molecule has 2 rings (SSSR count). The number of nitrogens with one attached hydrogen (secondary N) is 1. The number of esters is 2. The lowest BCUT2D eigenvalue weighted by atomic mass is 10.2. The van der Waals surface area contributed by atoms with Crippen LogP contribution >= 0.6 is 11.6 Å². The number of rotatable bonds is 7. The maximum atomic E-state index is 12.2. The number of halogens is 1. The third kappa shape index (κ3) is 5.37. The Kier molecular flexibility index (Phi) is 7.22. The number of methoxy groups -OCH3 is 1. The molecule has 0 atom stereocenters. The molecule has 0 aliphatic rings. The molecule has 0 aliphatic heterocycles. The number of amides is 1. The van der Waals surface area contributed by atoms with Crippen molar-refractivity contribution >= 4 is 40.8 Å². The second kappa shape index (κ2) is 9.61. The number of benzene rings is 2. The van der Waals surface area contributed by atoms with E-state index in [9.17, 15) is 14.4 Å². The van der Waals surface area contributed by atoms with E-state index in [0.717, 1.165) is 0 Å². The van der Waals surface area contributed by atoms with E-state index in [2.05, 4.69) is 5.32 Å². The van der Waals surface area contributed by atoms with Crippen LogP contribution in [0.3, 0.4) is 0 Å². The van der Waals surface area contributed by atoms with Crippen LogP contribution in [0.1, 0.15) is 27.6 Å². The molecular weight excluding hydrogens is 388 g/mol. The van der Waals surface area contributed by atoms with Crippen molar-refractivity contribution in [1.82, 2.24) is 0 Å². The van der Waals surface area contributed by atoms with Crippen LogP contribution in [0, 0.1) is 0 Å². The first-order chi connectivity index (χ1) is 13.3. The first-order valence-corrected chi connectivity index (χ1v) is 8.60. The number of carbonyl (C=O) groups excluding carboxylic acids is 3. The van der Waals surface area contributed by atoms with Crippen molar-refractivity contribution in [3.63, 3.8) is 0 Å². The van der Waals surface area contributed by atoms with Crippen molar-refractivity contribution in [1.29, 1.82) is 0 Å². The maximum Gasteiger partial charge on any atom is 0.342 e. The Morgan fingerprint density at radius 1 is 1.07 bits per heavy atom. The molecule has 2 aromatic carbocycles. The Balaban J connectivity index is 1.94. The van der Waals surface area contributed by atoms with Crippen LogP contribution in [0.5, 0.6) is 5.75 Å². The molecule has 28 heavy (non-hydrogen) atoms. The summed E-state index contributed by atoms with van der Waals surface area (Å²) in [6.45, 7) is 1.46. The molecular formula is C19H19ClN2O6. The summed E-state index contributed by atoms with van der Waals surface area (Å²) in [4.78, 5) is 35.8. The molecule has 0 bridgehead atoms. The first kappa shape index (κ1) is 21.0. The Hall–Kier alpha value is -3.26. The SMILES string of the molecule is CCOC(=O)c1ccc(NC(=O)COC(=O)c2cc(Cl)c(N)cc2OC)cc1. The lowest BCUT2D eigenvalue weighted by Crippen LogP contribution is -2.21. The van der Waals surface area contributed by atoms with Gasteiger partial charge in [-0.05, 0) is 37.3 Å². The van der Waals surface area contributed by atoms with E-state index >= 15 is 0 Å². The van der Waals surface area contributed by atoms with Gasteiger partial charge in [-0.25, -0.2) is 9.59 Å². The summed E-state index contributed by atoms with van der Waals surface area (Å²) in [6, 6.07) is 8.80. The number of anilines is 2. The molecule has 2 aromatic rings. The van der Waals surface area contributed by atoms with Gasteiger partial charge in [-0.2, -0.15) is 0 Å². The van der Waals surface area contributed by atoms with Gasteiger partial charge in [0.2, 0.25) is 0 Å². The van der Waals surface area contributed by atoms with Gasteiger partial charge in [0.1, 0.15) is 11.3 Å². The van der Waals surface area contributed by atoms with Gasteiger partial charge in [0, 0.05) is 11.8 Å². The summed E-state index contributed by atoms with van der Waals surface area (Å²) < 4.78 is 14.9. The summed E-state index contributed by atoms with van der Waals surface area (Å²) in [7, 11) is 1.37. The molecule has 148 valence electrons. The van der Waals surface area contributed by atoms with Crippen LogP contribution in [-0.4, -0.2) is 38.2 Å². The van der Waals surface area contributed by atoms with Crippen molar-refractivity contribution in [2.24, 2.45) is 0 Å². The van der Waals surface area contributed by atoms with Gasteiger partial charge in [0.05, 0.1) is 30.0 Å². The molecule has 1 amide bonds. The predicted octanol–water partition coefficient (Wildman–Crippen LogP) is 2.90. The molecule has 0 fully saturated rings. The van der Waals surface area contributed by atoms with E-state index in [-0.39, 0.29) is 28.6 Å². The zero-order chi connectivity index (χ0) is 20.7. The number of hydrogen-bond donors (Lipinski definition) is 2. The van der Waals surface area contributed by atoms with Crippen LogP contribution in [-0.2, 0) is 14.3 Å². The first-order valence-electron chi connectivity index (χ1n) is 8.22. The fourth-order valence-corrected chi connectivity index (χ4v) is 2.37. The topological polar surface area (TPSA) is 117 Å². The van der Waals surface area contributed by atoms with Crippen molar-refractivity contribution < 1.29 is 28.6 Å². The van der Waals surface area contributed by atoms with Crippen LogP contribution < -0.4 is 15.8 Å². The van der Waals surface area contributed by atoms with Gasteiger partial charge in [0.15, 0.2) is 6.61 Å². The highest BCUT2D eigenvalue weighted by atomic mass is 35.5. The molecule has 0 heterocycles. The third-order valence-corrected chi connectivity index (χ3v) is 3.88. The Morgan fingerprint density at radius 2 is 1.75 bits per heavy atom. The van der Waals surface area contributed by atoms with Crippen molar-refractivity contribution in [3.05, 3.63) is 52.5 Å². The molecule has 0 aromatic heterocycles. The van der Waals surface area contributed by atoms with Gasteiger partial charge in [-0.3, -0.25) is 4.79 Å². The standard InChI is InChI=1S/C19H19ClN2O6/c1-3-27-18(24)11-4-6-12(7-5-11)22-17(23)10-28-19(25)13-8-14(20)15(21)9-16(13)26-2/h4-9H,3,10,21H2,1-2H3,(H,22,23). The van der Waals surface area contributed by atoms with E-state index in [0.29, 0.717) is 11.3 Å². The molecule has 0 radical (unpaired) electrons. The quantitative estimate of drug-likeness (QED) is 0.536. The molecule has 0 spiro atoms. The fourth-order valence-electron chi connectivity index (χ4n) is 2.21. The van der Waals surface area contributed by atoms with Crippen LogP contribution in [0.25, 0.3) is 0 Å². The molecule has 0 saturated carbocycles. The highest BCUT2D eigenvalue weighted by Crippen LogP contribution is 2.29. The lowest BCUT2D eigenvalue weighted by molar-refractivity contribution is -0.119. The largest absolute Gasteiger partial charge is 0.496 e.